The lowest BCUT2D eigenvalue weighted by Crippen LogP contribution is -2.51. The summed E-state index contributed by atoms with van der Waals surface area (Å²) in [6.45, 7) is 5.64. The lowest BCUT2D eigenvalue weighted by atomic mass is 10.2. The van der Waals surface area contributed by atoms with E-state index in [1.54, 1.807) is 25.1 Å². The van der Waals surface area contributed by atoms with Crippen molar-refractivity contribution in [2.75, 3.05) is 31.1 Å². The highest BCUT2D eigenvalue weighted by atomic mass is 16.5. The van der Waals surface area contributed by atoms with E-state index in [1.807, 2.05) is 18.2 Å². The van der Waals surface area contributed by atoms with Crippen molar-refractivity contribution in [3.8, 4) is 0 Å². The van der Waals surface area contributed by atoms with Crippen LogP contribution >= 0.6 is 0 Å². The van der Waals surface area contributed by atoms with Gasteiger partial charge in [-0.05, 0) is 32.0 Å². The number of carbonyl (C=O) groups excluding carboxylic acids is 3. The number of aromatic nitrogens is 1. The van der Waals surface area contributed by atoms with Gasteiger partial charge in [0.1, 0.15) is 5.69 Å². The Balaban J connectivity index is 1.56. The van der Waals surface area contributed by atoms with Crippen LogP contribution in [0.4, 0.5) is 5.69 Å². The van der Waals surface area contributed by atoms with Crippen molar-refractivity contribution >= 4 is 23.3 Å². The lowest BCUT2D eigenvalue weighted by Gasteiger charge is -2.37. The number of amides is 1. The molecule has 0 radical (unpaired) electrons. The molecule has 7 heteroatoms. The number of hydrogen-bond donors (Lipinski definition) is 0. The third kappa shape index (κ3) is 4.24. The highest BCUT2D eigenvalue weighted by molar-refractivity contribution is 5.98. The van der Waals surface area contributed by atoms with Gasteiger partial charge in [0.15, 0.2) is 11.9 Å². The number of hydrogen-bond acceptors (Lipinski definition) is 5. The van der Waals surface area contributed by atoms with Crippen molar-refractivity contribution in [1.29, 1.82) is 0 Å². The average molecular weight is 383 g/mol. The first-order chi connectivity index (χ1) is 13.4. The molecule has 0 bridgehead atoms. The number of rotatable bonds is 5. The topological polar surface area (TPSA) is 71.8 Å². The quantitative estimate of drug-likeness (QED) is 0.584. The molecule has 2 aromatic rings. The van der Waals surface area contributed by atoms with E-state index in [0.717, 1.165) is 18.8 Å². The third-order valence-corrected chi connectivity index (χ3v) is 4.96. The van der Waals surface area contributed by atoms with Gasteiger partial charge in [0.25, 0.3) is 5.91 Å². The van der Waals surface area contributed by atoms with Crippen molar-refractivity contribution < 1.29 is 19.1 Å². The summed E-state index contributed by atoms with van der Waals surface area (Å²) in [5.41, 5.74) is 1.82. The highest BCUT2D eigenvalue weighted by Gasteiger charge is 2.28. The van der Waals surface area contributed by atoms with Crippen LogP contribution in [0.1, 0.15) is 34.7 Å². The Labute approximate surface area is 164 Å². The highest BCUT2D eigenvalue weighted by Crippen LogP contribution is 2.17. The number of carbonyl (C=O) groups is 3. The summed E-state index contributed by atoms with van der Waals surface area (Å²) >= 11 is 0. The Morgan fingerprint density at radius 2 is 1.68 bits per heavy atom. The van der Waals surface area contributed by atoms with Crippen LogP contribution in [-0.2, 0) is 16.6 Å². The molecule has 1 aromatic heterocycles. The fourth-order valence-electron chi connectivity index (χ4n) is 3.31. The molecule has 148 valence electrons. The van der Waals surface area contributed by atoms with Crippen LogP contribution in [0.15, 0.2) is 42.6 Å². The second kappa shape index (κ2) is 8.29. The Morgan fingerprint density at radius 3 is 2.25 bits per heavy atom. The maximum Gasteiger partial charge on any atom is 0.355 e. The van der Waals surface area contributed by atoms with Gasteiger partial charge < -0.3 is 19.1 Å². The second-order valence-electron chi connectivity index (χ2n) is 6.98. The van der Waals surface area contributed by atoms with Crippen LogP contribution in [0.3, 0.4) is 0 Å². The molecule has 1 aliphatic heterocycles. The zero-order valence-electron chi connectivity index (χ0n) is 16.4. The summed E-state index contributed by atoms with van der Waals surface area (Å²) in [5.74, 6) is -0.948. The molecular formula is C21H25N3O4. The van der Waals surface area contributed by atoms with Gasteiger partial charge in [-0.25, -0.2) is 4.79 Å². The van der Waals surface area contributed by atoms with Crippen LogP contribution in [-0.4, -0.2) is 59.4 Å². The first-order valence-electron chi connectivity index (χ1n) is 9.34. The molecule has 3 rings (SSSR count). The zero-order valence-corrected chi connectivity index (χ0v) is 16.4. The number of Topliss-reactive ketones (excluding diaryl/α,β-unsaturated/α-hetero) is 1. The number of anilines is 1. The first kappa shape index (κ1) is 19.7. The number of ketones is 1. The Bertz CT molecular complexity index is 867. The largest absolute Gasteiger partial charge is 0.448 e. The van der Waals surface area contributed by atoms with E-state index in [1.165, 1.54) is 17.6 Å². The van der Waals surface area contributed by atoms with Gasteiger partial charge in [0, 0.05) is 50.7 Å². The molecule has 1 aromatic carbocycles. The predicted octanol–water partition coefficient (Wildman–Crippen LogP) is 2.12. The van der Waals surface area contributed by atoms with Crippen molar-refractivity contribution in [2.24, 2.45) is 7.05 Å². The SMILES string of the molecule is CC(=O)c1cc(C(=O)O[C@H](C)C(=O)N2CCN(c3ccccc3)CC2)n(C)c1. The Morgan fingerprint density at radius 1 is 1.04 bits per heavy atom. The molecule has 0 N–H and O–H groups in total. The minimum Gasteiger partial charge on any atom is -0.448 e. The van der Waals surface area contributed by atoms with Gasteiger partial charge in [-0.15, -0.1) is 0 Å². The Hall–Kier alpha value is -3.09. The summed E-state index contributed by atoms with van der Waals surface area (Å²) in [6.07, 6.45) is 0.695. The van der Waals surface area contributed by atoms with Crippen molar-refractivity contribution in [1.82, 2.24) is 9.47 Å². The maximum absolute atomic E-state index is 12.7. The van der Waals surface area contributed by atoms with E-state index >= 15 is 0 Å². The van der Waals surface area contributed by atoms with E-state index in [2.05, 4.69) is 17.0 Å². The van der Waals surface area contributed by atoms with Crippen molar-refractivity contribution in [2.45, 2.75) is 20.0 Å². The summed E-state index contributed by atoms with van der Waals surface area (Å²) < 4.78 is 6.90. The average Bonchev–Trinajstić information content (AvgIpc) is 3.10. The fraction of sp³-hybridized carbons (Fsp3) is 0.381. The van der Waals surface area contributed by atoms with Crippen LogP contribution in [0, 0.1) is 0 Å². The van der Waals surface area contributed by atoms with Gasteiger partial charge in [-0.3, -0.25) is 9.59 Å². The van der Waals surface area contributed by atoms with Gasteiger partial charge in [0.05, 0.1) is 0 Å². The Kier molecular flexibility index (Phi) is 5.82. The van der Waals surface area contributed by atoms with Gasteiger partial charge in [-0.1, -0.05) is 18.2 Å². The monoisotopic (exact) mass is 383 g/mol. The molecule has 1 atom stereocenters. The smallest absolute Gasteiger partial charge is 0.355 e. The van der Waals surface area contributed by atoms with Gasteiger partial charge in [0.2, 0.25) is 0 Å². The standard InChI is InChI=1S/C21H25N3O4/c1-15(25)17-13-19(22(3)14-17)21(27)28-16(2)20(26)24-11-9-23(10-12-24)18-7-5-4-6-8-18/h4-8,13-14,16H,9-12H2,1-3H3/t16-/m1/s1. The molecule has 0 saturated carbocycles. The number of esters is 1. The molecule has 28 heavy (non-hydrogen) atoms. The van der Waals surface area contributed by atoms with Crippen molar-refractivity contribution in [3.63, 3.8) is 0 Å². The number of piperazine rings is 1. The predicted molar refractivity (Wildman–Crippen MR) is 106 cm³/mol. The van der Waals surface area contributed by atoms with Crippen LogP contribution in [0.2, 0.25) is 0 Å². The number of aryl methyl sites for hydroxylation is 1. The number of ether oxygens (including phenoxy) is 1. The van der Waals surface area contributed by atoms with Crippen LogP contribution in [0.25, 0.3) is 0 Å². The van der Waals surface area contributed by atoms with Gasteiger partial charge >= 0.3 is 5.97 Å². The van der Waals surface area contributed by atoms with E-state index < -0.39 is 12.1 Å². The summed E-state index contributed by atoms with van der Waals surface area (Å²) in [7, 11) is 1.67. The van der Waals surface area contributed by atoms with Crippen molar-refractivity contribution in [3.05, 3.63) is 53.9 Å². The van der Waals surface area contributed by atoms with E-state index in [0.29, 0.717) is 18.7 Å². The minimum absolute atomic E-state index is 0.130. The normalized spacial score (nSPS) is 15.2. The number of nitrogens with zero attached hydrogens (tertiary/aromatic N) is 3. The minimum atomic E-state index is -0.883. The molecular weight excluding hydrogens is 358 g/mol. The number of benzene rings is 1. The summed E-state index contributed by atoms with van der Waals surface area (Å²) in [4.78, 5) is 40.5. The molecule has 1 saturated heterocycles. The molecule has 7 nitrogen and oxygen atoms in total. The zero-order chi connectivity index (χ0) is 20.3. The molecule has 1 fully saturated rings. The van der Waals surface area contributed by atoms with E-state index in [-0.39, 0.29) is 17.4 Å². The summed E-state index contributed by atoms with van der Waals surface area (Å²) in [5, 5.41) is 0. The maximum atomic E-state index is 12.7. The van der Waals surface area contributed by atoms with E-state index in [4.69, 9.17) is 4.74 Å². The molecule has 0 unspecified atom stereocenters. The molecule has 0 spiro atoms. The van der Waals surface area contributed by atoms with Gasteiger partial charge in [-0.2, -0.15) is 0 Å². The third-order valence-electron chi connectivity index (χ3n) is 4.96. The molecule has 1 aliphatic rings. The molecule has 0 aliphatic carbocycles. The van der Waals surface area contributed by atoms with Crippen LogP contribution in [0.5, 0.6) is 0 Å². The fourth-order valence-corrected chi connectivity index (χ4v) is 3.31. The summed E-state index contributed by atoms with van der Waals surface area (Å²) in [6, 6.07) is 11.6. The van der Waals surface area contributed by atoms with Crippen LogP contribution < -0.4 is 4.90 Å². The second-order valence-corrected chi connectivity index (χ2v) is 6.98. The first-order valence-corrected chi connectivity index (χ1v) is 9.34. The van der Waals surface area contributed by atoms with E-state index in [9.17, 15) is 14.4 Å². The number of para-hydroxylation sites is 1. The molecule has 2 heterocycles. The molecule has 1 amide bonds. The lowest BCUT2D eigenvalue weighted by molar-refractivity contribution is -0.140.